The summed E-state index contributed by atoms with van der Waals surface area (Å²) in [6.45, 7) is 5.94. The van der Waals surface area contributed by atoms with Crippen LogP contribution in [0.4, 0.5) is 0 Å². The number of benzene rings is 2. The van der Waals surface area contributed by atoms with E-state index in [1.54, 1.807) is 0 Å². The summed E-state index contributed by atoms with van der Waals surface area (Å²) < 4.78 is 5.65. The van der Waals surface area contributed by atoms with Gasteiger partial charge < -0.3 is 15.2 Å². The molecule has 0 atom stereocenters. The lowest BCUT2D eigenvalue weighted by Gasteiger charge is -2.10. The van der Waals surface area contributed by atoms with Gasteiger partial charge in [-0.15, -0.1) is 0 Å². The number of ether oxygens (including phenoxy) is 1. The lowest BCUT2D eigenvalue weighted by molar-refractivity contribution is 0.313. The maximum absolute atomic E-state index is 9.89. The molecule has 0 amide bonds. The molecule has 2 rings (SSSR count). The van der Waals surface area contributed by atoms with Crippen LogP contribution in [0.2, 0.25) is 0 Å². The van der Waals surface area contributed by atoms with E-state index in [0.717, 1.165) is 23.4 Å². The minimum Gasteiger partial charge on any atom is -0.507 e. The molecule has 0 aromatic heterocycles. The number of aryl methyl sites for hydroxylation is 2. The van der Waals surface area contributed by atoms with Gasteiger partial charge in [0.2, 0.25) is 0 Å². The summed E-state index contributed by atoms with van der Waals surface area (Å²) in [4.78, 5) is 0. The van der Waals surface area contributed by atoms with E-state index in [2.05, 4.69) is 5.32 Å². The fraction of sp³-hybridized carbons (Fsp3) is 0.294. The summed E-state index contributed by atoms with van der Waals surface area (Å²) >= 11 is 0. The standard InChI is InChI=1S/C17H21NO2/c1-13-5-3-8-16(11-13)20-10-9-18-12-15-7-4-6-14(2)17(15)19/h3-8,11,18-19H,9-10,12H2,1-2H3. The summed E-state index contributed by atoms with van der Waals surface area (Å²) in [6.07, 6.45) is 0. The zero-order valence-corrected chi connectivity index (χ0v) is 12.0. The van der Waals surface area contributed by atoms with Gasteiger partial charge in [0.25, 0.3) is 0 Å². The molecule has 2 aromatic rings. The van der Waals surface area contributed by atoms with Crippen LogP contribution in [-0.2, 0) is 6.54 Å². The lowest BCUT2D eigenvalue weighted by atomic mass is 10.1. The van der Waals surface area contributed by atoms with E-state index in [4.69, 9.17) is 4.74 Å². The van der Waals surface area contributed by atoms with Crippen molar-refractivity contribution in [2.75, 3.05) is 13.2 Å². The molecular formula is C17H21NO2. The molecule has 0 bridgehead atoms. The summed E-state index contributed by atoms with van der Waals surface area (Å²) in [7, 11) is 0. The molecule has 106 valence electrons. The number of aromatic hydroxyl groups is 1. The third-order valence-electron chi connectivity index (χ3n) is 3.17. The van der Waals surface area contributed by atoms with Crippen LogP contribution in [-0.4, -0.2) is 18.3 Å². The molecule has 2 aromatic carbocycles. The molecule has 0 saturated carbocycles. The number of hydrogen-bond donors (Lipinski definition) is 2. The molecule has 0 heterocycles. The average Bonchev–Trinajstić information content (AvgIpc) is 2.43. The molecule has 20 heavy (non-hydrogen) atoms. The number of hydrogen-bond acceptors (Lipinski definition) is 3. The monoisotopic (exact) mass is 271 g/mol. The highest BCUT2D eigenvalue weighted by molar-refractivity contribution is 5.39. The molecular weight excluding hydrogens is 250 g/mol. The van der Waals surface area contributed by atoms with Gasteiger partial charge in [0.15, 0.2) is 0 Å². The SMILES string of the molecule is Cc1cccc(OCCNCc2cccc(C)c2O)c1. The molecule has 0 radical (unpaired) electrons. The first-order chi connectivity index (χ1) is 9.66. The van der Waals surface area contributed by atoms with Crippen molar-refractivity contribution in [2.45, 2.75) is 20.4 Å². The quantitative estimate of drug-likeness (QED) is 0.793. The van der Waals surface area contributed by atoms with Crippen LogP contribution in [0.25, 0.3) is 0 Å². The second-order valence-electron chi connectivity index (χ2n) is 4.92. The van der Waals surface area contributed by atoms with Crippen molar-refractivity contribution in [2.24, 2.45) is 0 Å². The Kier molecular flexibility index (Phi) is 5.02. The molecule has 3 nitrogen and oxygen atoms in total. The first kappa shape index (κ1) is 14.4. The molecule has 0 aliphatic rings. The van der Waals surface area contributed by atoms with Crippen LogP contribution < -0.4 is 10.1 Å². The lowest BCUT2D eigenvalue weighted by Crippen LogP contribution is -2.20. The van der Waals surface area contributed by atoms with Crippen LogP contribution in [0, 0.1) is 13.8 Å². The van der Waals surface area contributed by atoms with Crippen LogP contribution in [0.15, 0.2) is 42.5 Å². The molecule has 0 spiro atoms. The Morgan fingerprint density at radius 3 is 2.70 bits per heavy atom. The van der Waals surface area contributed by atoms with Crippen molar-refractivity contribution in [1.29, 1.82) is 0 Å². The Labute approximate surface area is 120 Å². The Balaban J connectivity index is 1.73. The molecule has 0 aliphatic heterocycles. The molecule has 0 unspecified atom stereocenters. The van der Waals surface area contributed by atoms with E-state index in [1.165, 1.54) is 5.56 Å². The second-order valence-corrected chi connectivity index (χ2v) is 4.92. The third-order valence-corrected chi connectivity index (χ3v) is 3.17. The van der Waals surface area contributed by atoms with Gasteiger partial charge in [-0.25, -0.2) is 0 Å². The van der Waals surface area contributed by atoms with Gasteiger partial charge in [-0.1, -0.05) is 30.3 Å². The first-order valence-electron chi connectivity index (χ1n) is 6.84. The third kappa shape index (κ3) is 4.00. The topological polar surface area (TPSA) is 41.5 Å². The maximum atomic E-state index is 9.89. The average molecular weight is 271 g/mol. The van der Waals surface area contributed by atoms with Gasteiger partial charge in [0.1, 0.15) is 18.1 Å². The first-order valence-corrected chi connectivity index (χ1v) is 6.84. The predicted octanol–water partition coefficient (Wildman–Crippen LogP) is 3.18. The minimum atomic E-state index is 0.375. The van der Waals surface area contributed by atoms with Crippen molar-refractivity contribution in [3.05, 3.63) is 59.2 Å². The normalized spacial score (nSPS) is 10.5. The molecule has 0 aliphatic carbocycles. The van der Waals surface area contributed by atoms with Crippen LogP contribution in [0.5, 0.6) is 11.5 Å². The highest BCUT2D eigenvalue weighted by Crippen LogP contribution is 2.20. The van der Waals surface area contributed by atoms with E-state index in [9.17, 15) is 5.11 Å². The van der Waals surface area contributed by atoms with Crippen LogP contribution in [0.3, 0.4) is 0 Å². The Bertz CT molecular complexity index is 567. The zero-order chi connectivity index (χ0) is 14.4. The van der Waals surface area contributed by atoms with Crippen molar-refractivity contribution in [3.63, 3.8) is 0 Å². The Morgan fingerprint density at radius 1 is 1.10 bits per heavy atom. The van der Waals surface area contributed by atoms with Crippen molar-refractivity contribution in [1.82, 2.24) is 5.32 Å². The number of nitrogens with one attached hydrogen (secondary N) is 1. The van der Waals surface area contributed by atoms with E-state index in [0.29, 0.717) is 18.9 Å². The fourth-order valence-electron chi connectivity index (χ4n) is 2.03. The smallest absolute Gasteiger partial charge is 0.122 e. The second kappa shape index (κ2) is 6.96. The van der Waals surface area contributed by atoms with Gasteiger partial charge in [-0.2, -0.15) is 0 Å². The van der Waals surface area contributed by atoms with Gasteiger partial charge in [0, 0.05) is 18.7 Å². The summed E-state index contributed by atoms with van der Waals surface area (Å²) in [5.74, 6) is 1.27. The highest BCUT2D eigenvalue weighted by Gasteiger charge is 2.02. The van der Waals surface area contributed by atoms with Crippen molar-refractivity contribution in [3.8, 4) is 11.5 Å². The van der Waals surface area contributed by atoms with Gasteiger partial charge in [-0.05, 0) is 37.1 Å². The van der Waals surface area contributed by atoms with Gasteiger partial charge >= 0.3 is 0 Å². The van der Waals surface area contributed by atoms with Crippen LogP contribution >= 0.6 is 0 Å². The van der Waals surface area contributed by atoms with Crippen molar-refractivity contribution < 1.29 is 9.84 Å². The predicted molar refractivity (Wildman–Crippen MR) is 81.2 cm³/mol. The van der Waals surface area contributed by atoms with E-state index in [-0.39, 0.29) is 0 Å². The minimum absolute atomic E-state index is 0.375. The fourth-order valence-corrected chi connectivity index (χ4v) is 2.03. The van der Waals surface area contributed by atoms with E-state index < -0.39 is 0 Å². The highest BCUT2D eigenvalue weighted by atomic mass is 16.5. The Hall–Kier alpha value is -2.00. The van der Waals surface area contributed by atoms with Gasteiger partial charge in [0.05, 0.1) is 0 Å². The number of phenols is 1. The van der Waals surface area contributed by atoms with Crippen LogP contribution in [0.1, 0.15) is 16.7 Å². The summed E-state index contributed by atoms with van der Waals surface area (Å²) in [5.41, 5.74) is 3.01. The molecule has 2 N–H and O–H groups in total. The largest absolute Gasteiger partial charge is 0.507 e. The maximum Gasteiger partial charge on any atom is 0.122 e. The van der Waals surface area contributed by atoms with E-state index in [1.807, 2.05) is 56.3 Å². The summed E-state index contributed by atoms with van der Waals surface area (Å²) in [6, 6.07) is 13.8. The molecule has 0 saturated heterocycles. The van der Waals surface area contributed by atoms with Gasteiger partial charge in [-0.3, -0.25) is 0 Å². The number of para-hydroxylation sites is 1. The zero-order valence-electron chi connectivity index (χ0n) is 12.0. The van der Waals surface area contributed by atoms with E-state index >= 15 is 0 Å². The Morgan fingerprint density at radius 2 is 1.90 bits per heavy atom. The number of rotatable bonds is 6. The van der Waals surface area contributed by atoms with Crippen molar-refractivity contribution >= 4 is 0 Å². The number of phenolic OH excluding ortho intramolecular Hbond substituents is 1. The molecule has 0 fully saturated rings. The molecule has 3 heteroatoms. The summed E-state index contributed by atoms with van der Waals surface area (Å²) in [5, 5.41) is 13.2.